The average molecular weight is 335 g/mol. The summed E-state index contributed by atoms with van der Waals surface area (Å²) in [7, 11) is 0. The van der Waals surface area contributed by atoms with Crippen molar-refractivity contribution >= 4 is 17.6 Å². The third-order valence-electron chi connectivity index (χ3n) is 2.96. The van der Waals surface area contributed by atoms with Crippen molar-refractivity contribution < 1.29 is 27.8 Å². The van der Waals surface area contributed by atoms with Crippen molar-refractivity contribution in [1.29, 1.82) is 0 Å². The Morgan fingerprint density at radius 2 is 1.67 bits per heavy atom. The predicted molar refractivity (Wildman–Crippen MR) is 82.9 cm³/mol. The molecule has 2 aromatic rings. The topological polar surface area (TPSA) is 64.6 Å². The second kappa shape index (κ2) is 8.05. The molecule has 2 aromatic carbocycles. The van der Waals surface area contributed by atoms with E-state index >= 15 is 0 Å². The minimum absolute atomic E-state index is 0.225. The second-order valence-electron chi connectivity index (χ2n) is 4.68. The van der Waals surface area contributed by atoms with E-state index in [1.165, 1.54) is 18.2 Å². The number of para-hydroxylation sites is 1. The maximum absolute atomic E-state index is 13.4. The van der Waals surface area contributed by atoms with Gasteiger partial charge in [-0.3, -0.25) is 4.79 Å². The van der Waals surface area contributed by atoms with E-state index in [0.717, 1.165) is 12.1 Å². The summed E-state index contributed by atoms with van der Waals surface area (Å²) in [4.78, 5) is 23.5. The fourth-order valence-electron chi connectivity index (χ4n) is 1.86. The molecule has 1 N–H and O–H groups in total. The van der Waals surface area contributed by atoms with Crippen LogP contribution >= 0.6 is 0 Å². The number of rotatable bonds is 6. The molecule has 7 heteroatoms. The van der Waals surface area contributed by atoms with Crippen molar-refractivity contribution in [3.05, 3.63) is 59.7 Å². The molecule has 0 unspecified atom stereocenters. The van der Waals surface area contributed by atoms with Gasteiger partial charge in [0.25, 0.3) is 5.91 Å². The highest BCUT2D eigenvalue weighted by atomic mass is 19.1. The van der Waals surface area contributed by atoms with E-state index in [2.05, 4.69) is 0 Å². The van der Waals surface area contributed by atoms with Gasteiger partial charge >= 0.3 is 5.97 Å². The molecule has 0 fully saturated rings. The summed E-state index contributed by atoms with van der Waals surface area (Å²) in [6.45, 7) is 1.66. The average Bonchev–Trinajstić information content (AvgIpc) is 2.57. The number of carbonyl (C=O) groups excluding carboxylic acids is 2. The maximum Gasteiger partial charge on any atom is 0.338 e. The lowest BCUT2D eigenvalue weighted by molar-refractivity contribution is -0.119. The first kappa shape index (κ1) is 17.4. The second-order valence-corrected chi connectivity index (χ2v) is 4.68. The predicted octanol–water partition coefficient (Wildman–Crippen LogP) is 3.16. The van der Waals surface area contributed by atoms with E-state index in [0.29, 0.717) is 12.4 Å². The van der Waals surface area contributed by atoms with Crippen molar-refractivity contribution in [3.8, 4) is 5.75 Å². The molecule has 0 aliphatic heterocycles. The van der Waals surface area contributed by atoms with Crippen LogP contribution in [0, 0.1) is 11.6 Å². The van der Waals surface area contributed by atoms with Crippen LogP contribution in [0.3, 0.4) is 0 Å². The Morgan fingerprint density at radius 3 is 2.25 bits per heavy atom. The highest BCUT2D eigenvalue weighted by Gasteiger charge is 2.14. The molecule has 0 atom stereocenters. The lowest BCUT2D eigenvalue weighted by atomic mass is 10.2. The number of nitrogens with one attached hydrogen (secondary N) is 1. The first-order chi connectivity index (χ1) is 11.5. The number of ether oxygens (including phenoxy) is 2. The van der Waals surface area contributed by atoms with Crippen LogP contribution in [0.15, 0.2) is 42.5 Å². The Kier molecular flexibility index (Phi) is 5.83. The number of benzene rings is 2. The normalized spacial score (nSPS) is 10.1. The molecule has 1 amide bonds. The van der Waals surface area contributed by atoms with Crippen molar-refractivity contribution in [2.45, 2.75) is 6.92 Å². The first-order valence-corrected chi connectivity index (χ1v) is 7.15. The van der Waals surface area contributed by atoms with Crippen molar-refractivity contribution in [2.75, 3.05) is 18.5 Å². The summed E-state index contributed by atoms with van der Waals surface area (Å²) in [6, 6.07) is 9.34. The van der Waals surface area contributed by atoms with E-state index < -0.39 is 35.8 Å². The van der Waals surface area contributed by atoms with Gasteiger partial charge in [-0.25, -0.2) is 13.6 Å². The molecule has 0 spiro atoms. The number of halogens is 2. The molecule has 0 bridgehead atoms. The Hall–Kier alpha value is -2.96. The van der Waals surface area contributed by atoms with Gasteiger partial charge in [0.15, 0.2) is 6.61 Å². The smallest absolute Gasteiger partial charge is 0.338 e. The summed E-state index contributed by atoms with van der Waals surface area (Å²) in [5.41, 5.74) is -0.358. The molecule has 0 saturated carbocycles. The summed E-state index contributed by atoms with van der Waals surface area (Å²) in [5.74, 6) is -2.82. The first-order valence-electron chi connectivity index (χ1n) is 7.15. The monoisotopic (exact) mass is 335 g/mol. The molecular weight excluding hydrogens is 320 g/mol. The summed E-state index contributed by atoms with van der Waals surface area (Å²) < 4.78 is 36.8. The third kappa shape index (κ3) is 4.52. The maximum atomic E-state index is 13.4. The summed E-state index contributed by atoms with van der Waals surface area (Å²) in [6.07, 6.45) is 0. The summed E-state index contributed by atoms with van der Waals surface area (Å²) in [5, 5.41) is 2.03. The number of anilines is 1. The number of esters is 1. The van der Waals surface area contributed by atoms with Crippen LogP contribution in [-0.4, -0.2) is 25.1 Å². The largest absolute Gasteiger partial charge is 0.494 e. The van der Waals surface area contributed by atoms with Gasteiger partial charge in [-0.2, -0.15) is 0 Å². The Bertz CT molecular complexity index is 712. The SMILES string of the molecule is CCOc1ccc(C(=O)OCC(=O)Nc2c(F)cccc2F)cc1. The summed E-state index contributed by atoms with van der Waals surface area (Å²) >= 11 is 0. The molecule has 24 heavy (non-hydrogen) atoms. The molecule has 2 rings (SSSR count). The molecule has 0 heterocycles. The Balaban J connectivity index is 1.90. The van der Waals surface area contributed by atoms with Gasteiger partial charge in [-0.15, -0.1) is 0 Å². The molecule has 126 valence electrons. The van der Waals surface area contributed by atoms with Crippen LogP contribution in [0.25, 0.3) is 0 Å². The number of hydrogen-bond donors (Lipinski definition) is 1. The van der Waals surface area contributed by atoms with Gasteiger partial charge in [0.1, 0.15) is 23.1 Å². The number of amides is 1. The fraction of sp³-hybridized carbons (Fsp3) is 0.176. The minimum Gasteiger partial charge on any atom is -0.494 e. The minimum atomic E-state index is -0.916. The number of hydrogen-bond acceptors (Lipinski definition) is 4. The van der Waals surface area contributed by atoms with Gasteiger partial charge in [0.05, 0.1) is 12.2 Å². The van der Waals surface area contributed by atoms with Crippen molar-refractivity contribution in [2.24, 2.45) is 0 Å². The van der Waals surface area contributed by atoms with Crippen LogP contribution in [0.1, 0.15) is 17.3 Å². The van der Waals surface area contributed by atoms with E-state index in [1.54, 1.807) is 12.1 Å². The molecular formula is C17H15F2NO4. The van der Waals surface area contributed by atoms with E-state index in [4.69, 9.17) is 9.47 Å². The zero-order valence-electron chi connectivity index (χ0n) is 12.8. The lowest BCUT2D eigenvalue weighted by Crippen LogP contribution is -2.22. The zero-order valence-corrected chi connectivity index (χ0v) is 12.8. The van der Waals surface area contributed by atoms with Gasteiger partial charge in [0.2, 0.25) is 0 Å². The van der Waals surface area contributed by atoms with Crippen molar-refractivity contribution in [1.82, 2.24) is 0 Å². The van der Waals surface area contributed by atoms with Gasteiger partial charge in [0, 0.05) is 0 Å². The molecule has 0 aliphatic rings. The molecule has 0 aromatic heterocycles. The van der Waals surface area contributed by atoms with Crippen LogP contribution in [0.5, 0.6) is 5.75 Å². The van der Waals surface area contributed by atoms with Gasteiger partial charge in [-0.1, -0.05) is 6.07 Å². The molecule has 0 saturated heterocycles. The quantitative estimate of drug-likeness (QED) is 0.824. The standard InChI is InChI=1S/C17H15F2NO4/c1-2-23-12-8-6-11(7-9-12)17(22)24-10-15(21)20-16-13(18)4-3-5-14(16)19/h3-9H,2,10H2,1H3,(H,20,21). The van der Waals surface area contributed by atoms with Gasteiger partial charge in [-0.05, 0) is 43.3 Å². The highest BCUT2D eigenvalue weighted by molar-refractivity contribution is 5.95. The van der Waals surface area contributed by atoms with E-state index in [9.17, 15) is 18.4 Å². The Morgan fingerprint density at radius 1 is 1.04 bits per heavy atom. The van der Waals surface area contributed by atoms with Gasteiger partial charge < -0.3 is 14.8 Å². The van der Waals surface area contributed by atoms with E-state index in [-0.39, 0.29) is 5.56 Å². The van der Waals surface area contributed by atoms with Crippen molar-refractivity contribution in [3.63, 3.8) is 0 Å². The Labute approximate surface area is 137 Å². The van der Waals surface area contributed by atoms with Crippen LogP contribution < -0.4 is 10.1 Å². The zero-order chi connectivity index (χ0) is 17.5. The molecule has 0 aliphatic carbocycles. The van der Waals surface area contributed by atoms with Crippen LogP contribution in [0.2, 0.25) is 0 Å². The molecule has 5 nitrogen and oxygen atoms in total. The lowest BCUT2D eigenvalue weighted by Gasteiger charge is -2.08. The molecule has 0 radical (unpaired) electrons. The van der Waals surface area contributed by atoms with Crippen LogP contribution in [-0.2, 0) is 9.53 Å². The third-order valence-corrected chi connectivity index (χ3v) is 2.96. The highest BCUT2D eigenvalue weighted by Crippen LogP contribution is 2.18. The van der Waals surface area contributed by atoms with E-state index in [1.807, 2.05) is 12.2 Å². The van der Waals surface area contributed by atoms with Crippen LogP contribution in [0.4, 0.5) is 14.5 Å². The number of carbonyl (C=O) groups is 2. The fourth-order valence-corrected chi connectivity index (χ4v) is 1.86.